The molecule has 2 amide bonds. The van der Waals surface area contributed by atoms with Crippen molar-refractivity contribution in [3.05, 3.63) is 0 Å². The monoisotopic (exact) mass is 251 g/mol. The van der Waals surface area contributed by atoms with E-state index in [0.717, 1.165) is 0 Å². The molecule has 96 valence electrons. The molecule has 16 heavy (non-hydrogen) atoms. The summed E-state index contributed by atoms with van der Waals surface area (Å²) in [6, 6.07) is 0. The molecule has 0 bridgehead atoms. The predicted octanol–water partition coefficient (Wildman–Crippen LogP) is -0.0124. The molecular formula is C10H22ClN3O2. The van der Waals surface area contributed by atoms with Crippen molar-refractivity contribution < 1.29 is 9.59 Å². The maximum Gasteiger partial charge on any atom is 0.239 e. The van der Waals surface area contributed by atoms with E-state index < -0.39 is 0 Å². The summed E-state index contributed by atoms with van der Waals surface area (Å²) in [5.74, 6) is -0.414. The van der Waals surface area contributed by atoms with Gasteiger partial charge >= 0.3 is 0 Å². The lowest BCUT2D eigenvalue weighted by Crippen LogP contribution is -2.44. The van der Waals surface area contributed by atoms with Crippen LogP contribution in [0.3, 0.4) is 0 Å². The minimum absolute atomic E-state index is 0. The molecule has 0 spiro atoms. The van der Waals surface area contributed by atoms with Crippen LogP contribution < -0.4 is 11.1 Å². The summed E-state index contributed by atoms with van der Waals surface area (Å²) in [5, 5.41) is 2.66. The topological polar surface area (TPSA) is 75.4 Å². The molecule has 0 aliphatic carbocycles. The van der Waals surface area contributed by atoms with Crippen molar-refractivity contribution in [2.45, 2.75) is 20.8 Å². The molecule has 0 aromatic heterocycles. The third-order valence-corrected chi connectivity index (χ3v) is 2.18. The van der Waals surface area contributed by atoms with E-state index in [-0.39, 0.29) is 36.7 Å². The van der Waals surface area contributed by atoms with Gasteiger partial charge in [-0.2, -0.15) is 0 Å². The maximum atomic E-state index is 11.7. The van der Waals surface area contributed by atoms with Crippen molar-refractivity contribution in [1.29, 1.82) is 0 Å². The van der Waals surface area contributed by atoms with E-state index in [2.05, 4.69) is 5.32 Å². The highest BCUT2D eigenvalue weighted by atomic mass is 35.5. The zero-order chi connectivity index (χ0) is 11.8. The smallest absolute Gasteiger partial charge is 0.239 e. The van der Waals surface area contributed by atoms with Crippen LogP contribution in [0.25, 0.3) is 0 Å². The van der Waals surface area contributed by atoms with Crippen LogP contribution in [0.2, 0.25) is 0 Å². The van der Waals surface area contributed by atoms with E-state index in [1.54, 1.807) is 6.92 Å². The molecule has 0 aliphatic rings. The fourth-order valence-electron chi connectivity index (χ4n) is 1.18. The van der Waals surface area contributed by atoms with Crippen LogP contribution in [0.15, 0.2) is 0 Å². The first-order valence-corrected chi connectivity index (χ1v) is 5.32. The number of rotatable bonds is 6. The van der Waals surface area contributed by atoms with Gasteiger partial charge in [-0.15, -0.1) is 12.4 Å². The average Bonchev–Trinajstić information content (AvgIpc) is 2.24. The second-order valence-corrected chi connectivity index (χ2v) is 3.44. The number of carbonyl (C=O) groups excluding carboxylic acids is 2. The number of amides is 2. The molecule has 0 aliphatic heterocycles. The normalized spacial score (nSPS) is 11.2. The van der Waals surface area contributed by atoms with Gasteiger partial charge in [0, 0.05) is 25.6 Å². The van der Waals surface area contributed by atoms with Gasteiger partial charge in [0.05, 0.1) is 6.54 Å². The zero-order valence-electron chi connectivity index (χ0n) is 10.2. The molecule has 1 unspecified atom stereocenters. The molecule has 0 aromatic carbocycles. The summed E-state index contributed by atoms with van der Waals surface area (Å²) in [4.78, 5) is 24.5. The molecule has 0 rings (SSSR count). The summed E-state index contributed by atoms with van der Waals surface area (Å²) in [7, 11) is 0. The van der Waals surface area contributed by atoms with Gasteiger partial charge in [0.15, 0.2) is 0 Å². The van der Waals surface area contributed by atoms with Gasteiger partial charge in [-0.3, -0.25) is 9.59 Å². The van der Waals surface area contributed by atoms with Crippen LogP contribution in [-0.4, -0.2) is 42.9 Å². The Balaban J connectivity index is 0. The Hall–Kier alpha value is -0.810. The fraction of sp³-hybridized carbons (Fsp3) is 0.800. The van der Waals surface area contributed by atoms with E-state index in [4.69, 9.17) is 5.73 Å². The number of nitrogens with two attached hydrogens (primary N) is 1. The van der Waals surface area contributed by atoms with E-state index >= 15 is 0 Å². The minimum atomic E-state index is -0.223. The van der Waals surface area contributed by atoms with Crippen LogP contribution in [0.5, 0.6) is 0 Å². The Morgan fingerprint density at radius 3 is 2.31 bits per heavy atom. The van der Waals surface area contributed by atoms with Gasteiger partial charge in [0.1, 0.15) is 0 Å². The Bertz CT molecular complexity index is 224. The second-order valence-electron chi connectivity index (χ2n) is 3.44. The summed E-state index contributed by atoms with van der Waals surface area (Å²) >= 11 is 0. The molecule has 0 radical (unpaired) electrons. The number of hydrogen-bond acceptors (Lipinski definition) is 3. The van der Waals surface area contributed by atoms with Crippen LogP contribution in [0.1, 0.15) is 20.8 Å². The number of halogens is 1. The first kappa shape index (κ1) is 17.6. The van der Waals surface area contributed by atoms with Gasteiger partial charge in [-0.25, -0.2) is 0 Å². The van der Waals surface area contributed by atoms with Crippen molar-refractivity contribution in [3.8, 4) is 0 Å². The molecule has 6 heteroatoms. The van der Waals surface area contributed by atoms with E-state index in [0.29, 0.717) is 19.6 Å². The molecule has 0 heterocycles. The third kappa shape index (κ3) is 5.92. The van der Waals surface area contributed by atoms with E-state index in [1.165, 1.54) is 4.90 Å². The number of carbonyl (C=O) groups is 2. The van der Waals surface area contributed by atoms with Crippen molar-refractivity contribution >= 4 is 24.2 Å². The number of hydrogen-bond donors (Lipinski definition) is 2. The second kappa shape index (κ2) is 9.42. The third-order valence-electron chi connectivity index (χ3n) is 2.18. The van der Waals surface area contributed by atoms with Gasteiger partial charge in [0.2, 0.25) is 11.8 Å². The molecule has 0 saturated heterocycles. The van der Waals surface area contributed by atoms with E-state index in [1.807, 2.05) is 13.8 Å². The lowest BCUT2D eigenvalue weighted by molar-refractivity contribution is -0.138. The molecule has 0 aromatic rings. The molecule has 3 N–H and O–H groups in total. The van der Waals surface area contributed by atoms with Gasteiger partial charge in [-0.05, 0) is 13.8 Å². The maximum absolute atomic E-state index is 11.7. The van der Waals surface area contributed by atoms with Crippen molar-refractivity contribution in [3.63, 3.8) is 0 Å². The van der Waals surface area contributed by atoms with Crippen LogP contribution in [0.4, 0.5) is 0 Å². The quantitative estimate of drug-likeness (QED) is 0.697. The molecule has 5 nitrogen and oxygen atoms in total. The van der Waals surface area contributed by atoms with E-state index in [9.17, 15) is 9.59 Å². The Morgan fingerprint density at radius 2 is 1.94 bits per heavy atom. The first-order valence-electron chi connectivity index (χ1n) is 5.32. The van der Waals surface area contributed by atoms with Crippen LogP contribution >= 0.6 is 12.4 Å². The van der Waals surface area contributed by atoms with Crippen LogP contribution in [-0.2, 0) is 9.59 Å². The van der Waals surface area contributed by atoms with Gasteiger partial charge in [0.25, 0.3) is 0 Å². The first-order chi connectivity index (χ1) is 7.06. The van der Waals surface area contributed by atoms with Gasteiger partial charge in [-0.1, -0.05) is 6.92 Å². The Kier molecular flexibility index (Phi) is 10.3. The number of likely N-dealkylation sites (N-methyl/N-ethyl adjacent to an activating group) is 2. The number of nitrogens with one attached hydrogen (secondary N) is 1. The molecule has 0 saturated carbocycles. The standard InChI is InChI=1S/C10H21N3O2.ClH/c1-4-12-9(14)7-13(5-2)10(15)8(3)6-11;/h8H,4-7,11H2,1-3H3,(H,12,14);1H. The fourth-order valence-corrected chi connectivity index (χ4v) is 1.18. The summed E-state index contributed by atoms with van der Waals surface area (Å²) in [6.45, 7) is 7.00. The van der Waals surface area contributed by atoms with Crippen molar-refractivity contribution in [1.82, 2.24) is 10.2 Å². The summed E-state index contributed by atoms with van der Waals surface area (Å²) < 4.78 is 0. The Morgan fingerprint density at radius 1 is 1.38 bits per heavy atom. The summed E-state index contributed by atoms with van der Waals surface area (Å²) in [5.41, 5.74) is 5.41. The molecular weight excluding hydrogens is 230 g/mol. The van der Waals surface area contributed by atoms with Gasteiger partial charge < -0.3 is 16.0 Å². The summed E-state index contributed by atoms with van der Waals surface area (Å²) in [6.07, 6.45) is 0. The highest BCUT2D eigenvalue weighted by molar-refractivity contribution is 5.86. The highest BCUT2D eigenvalue weighted by Crippen LogP contribution is 2.00. The molecule has 1 atom stereocenters. The number of nitrogens with zero attached hydrogens (tertiary/aromatic N) is 1. The van der Waals surface area contributed by atoms with Crippen molar-refractivity contribution in [2.75, 3.05) is 26.2 Å². The SMILES string of the molecule is CCNC(=O)CN(CC)C(=O)C(C)CN.Cl. The van der Waals surface area contributed by atoms with Crippen LogP contribution in [0, 0.1) is 5.92 Å². The predicted molar refractivity (Wildman–Crippen MR) is 66.4 cm³/mol. The molecule has 0 fully saturated rings. The highest BCUT2D eigenvalue weighted by Gasteiger charge is 2.19. The van der Waals surface area contributed by atoms with Crippen molar-refractivity contribution in [2.24, 2.45) is 11.7 Å². The Labute approximate surface area is 103 Å². The lowest BCUT2D eigenvalue weighted by Gasteiger charge is -2.23. The average molecular weight is 252 g/mol. The largest absolute Gasteiger partial charge is 0.355 e. The zero-order valence-corrected chi connectivity index (χ0v) is 11.0. The lowest BCUT2D eigenvalue weighted by atomic mass is 10.1. The minimum Gasteiger partial charge on any atom is -0.355 e.